The van der Waals surface area contributed by atoms with Crippen LogP contribution in [0.25, 0.3) is 0 Å². The van der Waals surface area contributed by atoms with Crippen molar-refractivity contribution in [2.45, 2.75) is 10.1 Å². The van der Waals surface area contributed by atoms with Crippen LogP contribution < -0.4 is 0 Å². The van der Waals surface area contributed by atoms with Gasteiger partial charge >= 0.3 is 11.7 Å². The monoisotopic (exact) mass is 311 g/mol. The first kappa shape index (κ1) is 14.2. The average Bonchev–Trinajstić information content (AvgIpc) is 2.41. The van der Waals surface area contributed by atoms with Gasteiger partial charge in [-0.05, 0) is 23.9 Å². The normalized spacial score (nSPS) is 10.2. The van der Waals surface area contributed by atoms with Crippen LogP contribution in [0.15, 0.2) is 40.6 Å². The van der Waals surface area contributed by atoms with Gasteiger partial charge in [0.1, 0.15) is 5.03 Å². The Balaban J connectivity index is 2.45. The van der Waals surface area contributed by atoms with Crippen molar-refractivity contribution >= 4 is 35.0 Å². The SMILES string of the molecule is O=C(O)c1cccnc1Sc1ncc(Cl)cc1[N+](=O)[O-]. The summed E-state index contributed by atoms with van der Waals surface area (Å²) in [5.41, 5.74) is -0.354. The Morgan fingerprint density at radius 1 is 1.40 bits per heavy atom. The first-order valence-corrected chi connectivity index (χ1v) is 6.34. The second-order valence-corrected chi connectivity index (χ2v) is 4.91. The smallest absolute Gasteiger partial charge is 0.338 e. The lowest BCUT2D eigenvalue weighted by atomic mass is 10.3. The van der Waals surface area contributed by atoms with Crippen molar-refractivity contribution in [3.8, 4) is 0 Å². The number of rotatable bonds is 4. The third-order valence-electron chi connectivity index (χ3n) is 2.19. The number of halogens is 1. The summed E-state index contributed by atoms with van der Waals surface area (Å²) in [6, 6.07) is 3.98. The first-order chi connectivity index (χ1) is 9.49. The van der Waals surface area contributed by atoms with Gasteiger partial charge in [0.15, 0.2) is 5.03 Å². The highest BCUT2D eigenvalue weighted by molar-refractivity contribution is 7.99. The summed E-state index contributed by atoms with van der Waals surface area (Å²) >= 11 is 6.46. The maximum absolute atomic E-state index is 11.1. The molecule has 0 bridgehead atoms. The number of carbonyl (C=O) groups is 1. The molecule has 0 saturated carbocycles. The molecular weight excluding hydrogens is 306 g/mol. The van der Waals surface area contributed by atoms with Crippen LogP contribution in [0, 0.1) is 10.1 Å². The summed E-state index contributed by atoms with van der Waals surface area (Å²) in [4.78, 5) is 29.1. The van der Waals surface area contributed by atoms with Gasteiger partial charge in [0.05, 0.1) is 15.5 Å². The van der Waals surface area contributed by atoms with E-state index in [0.717, 1.165) is 17.8 Å². The zero-order valence-electron chi connectivity index (χ0n) is 9.69. The van der Waals surface area contributed by atoms with Crippen LogP contribution in [-0.4, -0.2) is 26.0 Å². The molecule has 0 aromatic carbocycles. The van der Waals surface area contributed by atoms with Gasteiger partial charge in [-0.2, -0.15) is 0 Å². The lowest BCUT2D eigenvalue weighted by molar-refractivity contribution is -0.388. The van der Waals surface area contributed by atoms with Crippen LogP contribution in [0.3, 0.4) is 0 Å². The van der Waals surface area contributed by atoms with Crippen LogP contribution in [-0.2, 0) is 0 Å². The Morgan fingerprint density at radius 2 is 2.15 bits per heavy atom. The fourth-order valence-electron chi connectivity index (χ4n) is 1.35. The van der Waals surface area contributed by atoms with Crippen LogP contribution in [0.5, 0.6) is 0 Å². The van der Waals surface area contributed by atoms with Crippen molar-refractivity contribution in [2.24, 2.45) is 0 Å². The lowest BCUT2D eigenvalue weighted by Gasteiger charge is -2.04. The third kappa shape index (κ3) is 3.03. The van der Waals surface area contributed by atoms with E-state index >= 15 is 0 Å². The van der Waals surface area contributed by atoms with E-state index in [4.69, 9.17) is 16.7 Å². The molecule has 102 valence electrons. The molecule has 0 fully saturated rings. The Kier molecular flexibility index (Phi) is 4.16. The molecule has 9 heteroatoms. The van der Waals surface area contributed by atoms with Crippen LogP contribution in [0.1, 0.15) is 10.4 Å². The van der Waals surface area contributed by atoms with E-state index in [2.05, 4.69) is 9.97 Å². The quantitative estimate of drug-likeness (QED) is 0.683. The maximum Gasteiger partial charge on any atom is 0.338 e. The van der Waals surface area contributed by atoms with Gasteiger partial charge in [0, 0.05) is 18.5 Å². The number of nitrogens with zero attached hydrogens (tertiary/aromatic N) is 3. The Morgan fingerprint density at radius 3 is 2.80 bits per heavy atom. The summed E-state index contributed by atoms with van der Waals surface area (Å²) in [5.74, 6) is -1.17. The second-order valence-electron chi connectivity index (χ2n) is 3.50. The number of nitro groups is 1. The average molecular weight is 312 g/mol. The summed E-state index contributed by atoms with van der Waals surface area (Å²) in [6.07, 6.45) is 2.65. The van der Waals surface area contributed by atoms with Crippen molar-refractivity contribution in [1.29, 1.82) is 0 Å². The highest BCUT2D eigenvalue weighted by atomic mass is 35.5. The summed E-state index contributed by atoms with van der Waals surface area (Å²) < 4.78 is 0. The number of aromatic nitrogens is 2. The molecule has 0 saturated heterocycles. The van der Waals surface area contributed by atoms with Crippen LogP contribution in [0.2, 0.25) is 5.02 Å². The Bertz CT molecular complexity index is 695. The molecule has 0 atom stereocenters. The van der Waals surface area contributed by atoms with E-state index in [9.17, 15) is 14.9 Å². The number of carboxylic acids is 1. The van der Waals surface area contributed by atoms with Gasteiger partial charge in [0.2, 0.25) is 0 Å². The van der Waals surface area contributed by atoms with E-state index in [1.54, 1.807) is 0 Å². The standard InChI is InChI=1S/C11H6ClN3O4S/c12-6-4-8(15(18)19)10(14-5-6)20-9-7(11(16)17)2-1-3-13-9/h1-5H,(H,16,17). The molecular formula is C11H6ClN3O4S. The highest BCUT2D eigenvalue weighted by Gasteiger charge is 2.20. The summed E-state index contributed by atoms with van der Waals surface area (Å²) in [6.45, 7) is 0. The minimum absolute atomic E-state index is 0.0283. The number of carboxylic acid groups (broad SMARTS) is 1. The minimum atomic E-state index is -1.17. The largest absolute Gasteiger partial charge is 0.478 e. The van der Waals surface area contributed by atoms with Gasteiger partial charge in [-0.15, -0.1) is 0 Å². The van der Waals surface area contributed by atoms with Crippen molar-refractivity contribution in [3.05, 3.63) is 51.3 Å². The van der Waals surface area contributed by atoms with Crippen molar-refractivity contribution < 1.29 is 14.8 Å². The van der Waals surface area contributed by atoms with Crippen molar-refractivity contribution in [2.75, 3.05) is 0 Å². The van der Waals surface area contributed by atoms with Crippen molar-refractivity contribution in [3.63, 3.8) is 0 Å². The molecule has 0 aliphatic rings. The molecule has 0 unspecified atom stereocenters. The number of pyridine rings is 2. The fourth-order valence-corrected chi connectivity index (χ4v) is 2.41. The molecule has 2 rings (SSSR count). The molecule has 1 N–H and O–H groups in total. The van der Waals surface area contributed by atoms with Gasteiger partial charge in [0.25, 0.3) is 0 Å². The maximum atomic E-state index is 11.1. The number of hydrogen-bond acceptors (Lipinski definition) is 6. The van der Waals surface area contributed by atoms with E-state index in [0.29, 0.717) is 0 Å². The number of hydrogen-bond donors (Lipinski definition) is 1. The van der Waals surface area contributed by atoms with Crippen LogP contribution in [0.4, 0.5) is 5.69 Å². The molecule has 2 aromatic heterocycles. The van der Waals surface area contributed by atoms with E-state index < -0.39 is 10.9 Å². The predicted octanol–water partition coefficient (Wildman–Crippen LogP) is 2.89. The number of aromatic carboxylic acids is 1. The topological polar surface area (TPSA) is 106 Å². The highest BCUT2D eigenvalue weighted by Crippen LogP contribution is 2.34. The van der Waals surface area contributed by atoms with Gasteiger partial charge < -0.3 is 5.11 Å². The second kappa shape index (κ2) is 5.85. The molecule has 0 spiro atoms. The minimum Gasteiger partial charge on any atom is -0.478 e. The lowest BCUT2D eigenvalue weighted by Crippen LogP contribution is -2.01. The van der Waals surface area contributed by atoms with Crippen molar-refractivity contribution in [1.82, 2.24) is 9.97 Å². The van der Waals surface area contributed by atoms with Crippen LogP contribution >= 0.6 is 23.4 Å². The molecule has 7 nitrogen and oxygen atoms in total. The van der Waals surface area contributed by atoms with Gasteiger partial charge in [-0.25, -0.2) is 14.8 Å². The Labute approximate surface area is 121 Å². The molecule has 0 aliphatic heterocycles. The van der Waals surface area contributed by atoms with E-state index in [1.165, 1.54) is 24.5 Å². The molecule has 2 heterocycles. The molecule has 0 amide bonds. The molecule has 20 heavy (non-hydrogen) atoms. The van der Waals surface area contributed by atoms with E-state index in [1.807, 2.05) is 0 Å². The summed E-state index contributed by atoms with van der Waals surface area (Å²) in [5, 5.41) is 20.3. The fraction of sp³-hybridized carbons (Fsp3) is 0. The summed E-state index contributed by atoms with van der Waals surface area (Å²) in [7, 11) is 0. The van der Waals surface area contributed by atoms with Gasteiger partial charge in [-0.3, -0.25) is 10.1 Å². The molecule has 0 radical (unpaired) electrons. The van der Waals surface area contributed by atoms with Gasteiger partial charge in [-0.1, -0.05) is 11.6 Å². The van der Waals surface area contributed by atoms with E-state index in [-0.39, 0.29) is 26.3 Å². The zero-order valence-corrected chi connectivity index (χ0v) is 11.3. The predicted molar refractivity (Wildman–Crippen MR) is 71.2 cm³/mol. The molecule has 0 aliphatic carbocycles. The zero-order chi connectivity index (χ0) is 14.7. The first-order valence-electron chi connectivity index (χ1n) is 5.15. The Hall–Kier alpha value is -2.19. The third-order valence-corrected chi connectivity index (χ3v) is 3.42. The molecule has 2 aromatic rings.